The molecule has 5 atom stereocenters. The van der Waals surface area contributed by atoms with Crippen molar-refractivity contribution in [2.45, 2.75) is 51.5 Å². The summed E-state index contributed by atoms with van der Waals surface area (Å²) in [5.74, 6) is -1.84. The van der Waals surface area contributed by atoms with Gasteiger partial charge in [0.15, 0.2) is 18.5 Å². The Hall–Kier alpha value is -1.71. The average Bonchev–Trinajstić information content (AvgIpc) is 2.39. The second-order valence-corrected chi connectivity index (χ2v) is 4.72. The second kappa shape index (κ2) is 8.06. The van der Waals surface area contributed by atoms with Gasteiger partial charge in [-0.05, 0) is 0 Å². The van der Waals surface area contributed by atoms with Gasteiger partial charge in [-0.2, -0.15) is 0 Å². The van der Waals surface area contributed by atoms with Crippen LogP contribution in [0.3, 0.4) is 0 Å². The molecule has 1 saturated heterocycles. The lowest BCUT2D eigenvalue weighted by atomic mass is 9.98. The zero-order chi connectivity index (χ0) is 16.9. The van der Waals surface area contributed by atoms with Crippen molar-refractivity contribution in [1.82, 2.24) is 0 Å². The van der Waals surface area contributed by atoms with E-state index in [0.29, 0.717) is 0 Å². The SMILES string of the molecule is CO[C@@H]1[C@@H](OC(C)=O)[C@@H](O)O[C@H](COC(C)=O)[C@H]1OC(C)=O. The third kappa shape index (κ3) is 4.93. The minimum Gasteiger partial charge on any atom is -0.463 e. The standard InChI is InChI=1S/C13H20O9/c1-6(14)19-5-9-10(20-7(2)15)11(18-4)12(13(17)22-9)21-8(3)16/h9-13,17H,5H2,1-4H3/t9-,10-,11+,12-,13+/m1/s1. The zero-order valence-electron chi connectivity index (χ0n) is 12.8. The highest BCUT2D eigenvalue weighted by Gasteiger charge is 2.50. The summed E-state index contributed by atoms with van der Waals surface area (Å²) in [5, 5.41) is 9.95. The average molecular weight is 320 g/mol. The Kier molecular flexibility index (Phi) is 6.72. The molecule has 0 bridgehead atoms. The predicted octanol–water partition coefficient (Wildman–Crippen LogP) is -0.855. The van der Waals surface area contributed by atoms with Gasteiger partial charge in [-0.15, -0.1) is 0 Å². The number of ether oxygens (including phenoxy) is 5. The van der Waals surface area contributed by atoms with Crippen molar-refractivity contribution in [3.05, 3.63) is 0 Å². The van der Waals surface area contributed by atoms with Gasteiger partial charge in [0.25, 0.3) is 0 Å². The van der Waals surface area contributed by atoms with Crippen molar-refractivity contribution in [1.29, 1.82) is 0 Å². The summed E-state index contributed by atoms with van der Waals surface area (Å²) in [4.78, 5) is 33.3. The fourth-order valence-electron chi connectivity index (χ4n) is 2.15. The predicted molar refractivity (Wildman–Crippen MR) is 69.4 cm³/mol. The van der Waals surface area contributed by atoms with Gasteiger partial charge >= 0.3 is 17.9 Å². The minimum absolute atomic E-state index is 0.253. The van der Waals surface area contributed by atoms with Gasteiger partial charge in [0.05, 0.1) is 0 Å². The summed E-state index contributed by atoms with van der Waals surface area (Å²) in [6.45, 7) is 3.29. The fourth-order valence-corrected chi connectivity index (χ4v) is 2.15. The molecule has 0 aliphatic carbocycles. The molecule has 0 spiro atoms. The molecule has 0 aromatic rings. The first-order chi connectivity index (χ1) is 10.3. The molecule has 1 aliphatic heterocycles. The first-order valence-corrected chi connectivity index (χ1v) is 6.60. The topological polar surface area (TPSA) is 118 Å². The van der Waals surface area contributed by atoms with Gasteiger partial charge in [0.2, 0.25) is 0 Å². The smallest absolute Gasteiger partial charge is 0.303 e. The normalized spacial score (nSPS) is 31.2. The van der Waals surface area contributed by atoms with Crippen LogP contribution in [0.15, 0.2) is 0 Å². The van der Waals surface area contributed by atoms with Crippen LogP contribution in [0.4, 0.5) is 0 Å². The molecule has 1 fully saturated rings. The van der Waals surface area contributed by atoms with Crippen LogP contribution in [0.5, 0.6) is 0 Å². The van der Waals surface area contributed by atoms with Crippen LogP contribution in [-0.4, -0.2) is 67.4 Å². The van der Waals surface area contributed by atoms with Crippen LogP contribution in [0, 0.1) is 0 Å². The lowest BCUT2D eigenvalue weighted by Gasteiger charge is -2.42. The van der Waals surface area contributed by atoms with Crippen molar-refractivity contribution in [3.8, 4) is 0 Å². The number of aliphatic hydroxyl groups excluding tert-OH is 1. The molecule has 1 aliphatic rings. The summed E-state index contributed by atoms with van der Waals surface area (Å²) in [7, 11) is 1.30. The molecule has 1 N–H and O–H groups in total. The maximum Gasteiger partial charge on any atom is 0.303 e. The van der Waals surface area contributed by atoms with Crippen LogP contribution in [0.25, 0.3) is 0 Å². The van der Waals surface area contributed by atoms with Crippen molar-refractivity contribution in [3.63, 3.8) is 0 Å². The first kappa shape index (κ1) is 18.3. The fraction of sp³-hybridized carbons (Fsp3) is 0.769. The molecule has 0 unspecified atom stereocenters. The van der Waals surface area contributed by atoms with Gasteiger partial charge in [-0.1, -0.05) is 0 Å². The lowest BCUT2D eigenvalue weighted by molar-refractivity contribution is -0.297. The van der Waals surface area contributed by atoms with Gasteiger partial charge in [-0.25, -0.2) is 0 Å². The number of carbonyl (C=O) groups is 3. The number of carbonyl (C=O) groups excluding carboxylic acids is 3. The molecular weight excluding hydrogens is 300 g/mol. The van der Waals surface area contributed by atoms with Crippen LogP contribution in [-0.2, 0) is 38.1 Å². The number of rotatable bonds is 5. The Morgan fingerprint density at radius 3 is 1.95 bits per heavy atom. The van der Waals surface area contributed by atoms with E-state index in [0.717, 1.165) is 6.92 Å². The molecule has 0 radical (unpaired) electrons. The molecule has 22 heavy (non-hydrogen) atoms. The Balaban J connectivity index is 2.96. The van der Waals surface area contributed by atoms with E-state index in [-0.39, 0.29) is 6.61 Å². The second-order valence-electron chi connectivity index (χ2n) is 4.72. The van der Waals surface area contributed by atoms with Crippen molar-refractivity contribution < 1.29 is 43.2 Å². The summed E-state index contributed by atoms with van der Waals surface area (Å²) in [5.41, 5.74) is 0. The molecule has 1 heterocycles. The van der Waals surface area contributed by atoms with E-state index >= 15 is 0 Å². The van der Waals surface area contributed by atoms with Gasteiger partial charge in [0.1, 0.15) is 18.8 Å². The molecule has 9 nitrogen and oxygen atoms in total. The number of aliphatic hydroxyl groups is 1. The highest BCUT2D eigenvalue weighted by Crippen LogP contribution is 2.27. The minimum atomic E-state index is -1.51. The van der Waals surface area contributed by atoms with Crippen LogP contribution in [0.1, 0.15) is 20.8 Å². The van der Waals surface area contributed by atoms with E-state index in [1.807, 2.05) is 0 Å². The lowest BCUT2D eigenvalue weighted by Crippen LogP contribution is -2.61. The summed E-state index contributed by atoms with van der Waals surface area (Å²) >= 11 is 0. The number of esters is 3. The Morgan fingerprint density at radius 2 is 1.50 bits per heavy atom. The van der Waals surface area contributed by atoms with Crippen molar-refractivity contribution in [2.75, 3.05) is 13.7 Å². The number of methoxy groups -OCH3 is 1. The molecular formula is C13H20O9. The van der Waals surface area contributed by atoms with Gasteiger partial charge < -0.3 is 28.8 Å². The monoisotopic (exact) mass is 320 g/mol. The van der Waals surface area contributed by atoms with Crippen molar-refractivity contribution in [2.24, 2.45) is 0 Å². The van der Waals surface area contributed by atoms with E-state index in [2.05, 4.69) is 0 Å². The van der Waals surface area contributed by atoms with Gasteiger partial charge in [0, 0.05) is 27.9 Å². The van der Waals surface area contributed by atoms with E-state index in [4.69, 9.17) is 23.7 Å². The Morgan fingerprint density at radius 1 is 0.955 bits per heavy atom. The number of hydrogen-bond donors (Lipinski definition) is 1. The highest BCUT2D eigenvalue weighted by atomic mass is 16.7. The zero-order valence-corrected chi connectivity index (χ0v) is 12.8. The maximum atomic E-state index is 11.3. The van der Waals surface area contributed by atoms with E-state index in [9.17, 15) is 19.5 Å². The van der Waals surface area contributed by atoms with Gasteiger partial charge in [-0.3, -0.25) is 14.4 Å². The quantitative estimate of drug-likeness (QED) is 0.510. The van der Waals surface area contributed by atoms with E-state index < -0.39 is 48.6 Å². The van der Waals surface area contributed by atoms with Crippen LogP contribution in [0.2, 0.25) is 0 Å². The van der Waals surface area contributed by atoms with E-state index in [1.54, 1.807) is 0 Å². The van der Waals surface area contributed by atoms with E-state index in [1.165, 1.54) is 21.0 Å². The highest BCUT2D eigenvalue weighted by molar-refractivity contribution is 5.67. The molecule has 0 saturated carbocycles. The molecule has 0 aromatic carbocycles. The molecule has 1 rings (SSSR count). The number of hydrogen-bond acceptors (Lipinski definition) is 9. The Bertz CT molecular complexity index is 422. The summed E-state index contributed by atoms with van der Waals surface area (Å²) < 4.78 is 25.3. The van der Waals surface area contributed by atoms with Crippen LogP contribution < -0.4 is 0 Å². The first-order valence-electron chi connectivity index (χ1n) is 6.60. The summed E-state index contributed by atoms with van der Waals surface area (Å²) in [6, 6.07) is 0. The molecule has 9 heteroatoms. The molecule has 126 valence electrons. The summed E-state index contributed by atoms with van der Waals surface area (Å²) in [6.07, 6.45) is -5.65. The van der Waals surface area contributed by atoms with Crippen LogP contribution >= 0.6 is 0 Å². The largest absolute Gasteiger partial charge is 0.463 e. The third-order valence-corrected chi connectivity index (χ3v) is 2.94. The molecule has 0 aromatic heterocycles. The maximum absolute atomic E-state index is 11.3. The third-order valence-electron chi connectivity index (χ3n) is 2.94. The Labute approximate surface area is 127 Å². The van der Waals surface area contributed by atoms with Crippen molar-refractivity contribution >= 4 is 17.9 Å². The molecule has 0 amide bonds.